The first-order valence-electron chi connectivity index (χ1n) is 12.5. The quantitative estimate of drug-likeness (QED) is 0.706. The molecule has 1 aromatic carbocycles. The number of anilines is 1. The molecule has 0 atom stereocenters. The minimum absolute atomic E-state index is 0.0424. The van der Waals surface area contributed by atoms with E-state index in [1.807, 2.05) is 24.3 Å². The molecule has 1 aromatic rings. The molecule has 2 aliphatic heterocycles. The van der Waals surface area contributed by atoms with Gasteiger partial charge in [-0.3, -0.25) is 4.79 Å². The highest BCUT2D eigenvalue weighted by Crippen LogP contribution is 2.51. The highest BCUT2D eigenvalue weighted by Gasteiger charge is 2.53. The van der Waals surface area contributed by atoms with Gasteiger partial charge in [0.25, 0.3) is 0 Å². The molecule has 1 saturated heterocycles. The fourth-order valence-corrected chi connectivity index (χ4v) is 6.67. The largest absolute Gasteiger partial charge is 0.337 e. The van der Waals surface area contributed by atoms with Gasteiger partial charge in [0.15, 0.2) is 0 Å². The van der Waals surface area contributed by atoms with Gasteiger partial charge in [-0.1, -0.05) is 43.9 Å². The van der Waals surface area contributed by atoms with Crippen molar-refractivity contribution in [3.63, 3.8) is 0 Å². The van der Waals surface area contributed by atoms with Gasteiger partial charge in [0, 0.05) is 18.5 Å². The molecule has 1 N–H and O–H groups in total. The first kappa shape index (κ1) is 21.6. The lowest BCUT2D eigenvalue weighted by atomic mass is 9.80. The molecule has 4 aliphatic rings. The number of imide groups is 1. The van der Waals surface area contributed by atoms with Crippen LogP contribution in [0.2, 0.25) is 0 Å². The Labute approximate surface area is 190 Å². The second-order valence-electron chi connectivity index (χ2n) is 10.5. The van der Waals surface area contributed by atoms with Crippen LogP contribution in [0.3, 0.4) is 0 Å². The van der Waals surface area contributed by atoms with Crippen LogP contribution in [-0.4, -0.2) is 49.3 Å². The van der Waals surface area contributed by atoms with Gasteiger partial charge in [0.2, 0.25) is 5.91 Å². The van der Waals surface area contributed by atoms with Crippen molar-refractivity contribution < 1.29 is 14.4 Å². The summed E-state index contributed by atoms with van der Waals surface area (Å²) >= 11 is 0. The lowest BCUT2D eigenvalue weighted by Crippen LogP contribution is -2.49. The molecule has 6 heteroatoms. The van der Waals surface area contributed by atoms with Crippen LogP contribution in [0.15, 0.2) is 24.3 Å². The van der Waals surface area contributed by atoms with Crippen molar-refractivity contribution in [2.75, 3.05) is 31.1 Å². The molecular weight excluding hydrogens is 402 g/mol. The van der Waals surface area contributed by atoms with Gasteiger partial charge in [0.1, 0.15) is 6.29 Å². The van der Waals surface area contributed by atoms with E-state index in [9.17, 15) is 14.4 Å². The number of carbonyl (C=O) groups is 3. The van der Waals surface area contributed by atoms with Gasteiger partial charge < -0.3 is 15.0 Å². The van der Waals surface area contributed by atoms with E-state index in [0.717, 1.165) is 82.3 Å². The van der Waals surface area contributed by atoms with Crippen LogP contribution >= 0.6 is 0 Å². The van der Waals surface area contributed by atoms with E-state index < -0.39 is 5.41 Å². The second kappa shape index (κ2) is 8.62. The Morgan fingerprint density at radius 3 is 2.38 bits per heavy atom. The van der Waals surface area contributed by atoms with Crippen molar-refractivity contribution in [2.24, 2.45) is 11.3 Å². The number of fused-ring (bicyclic) bond motifs is 2. The van der Waals surface area contributed by atoms with Gasteiger partial charge in [-0.05, 0) is 69.2 Å². The van der Waals surface area contributed by atoms with Crippen molar-refractivity contribution in [3.05, 3.63) is 29.8 Å². The molecule has 2 heterocycles. The Morgan fingerprint density at radius 1 is 1.03 bits per heavy atom. The van der Waals surface area contributed by atoms with E-state index in [1.165, 1.54) is 24.0 Å². The number of hydrogen-bond acceptors (Lipinski definition) is 4. The molecule has 172 valence electrons. The Kier molecular flexibility index (Phi) is 5.82. The van der Waals surface area contributed by atoms with Crippen molar-refractivity contribution in [2.45, 2.75) is 69.6 Å². The Bertz CT molecular complexity index is 878. The van der Waals surface area contributed by atoms with Gasteiger partial charge >= 0.3 is 6.03 Å². The Balaban J connectivity index is 1.17. The summed E-state index contributed by atoms with van der Waals surface area (Å²) in [5, 5.41) is 3.07. The molecule has 0 unspecified atom stereocenters. The first-order valence-corrected chi connectivity index (χ1v) is 12.5. The summed E-state index contributed by atoms with van der Waals surface area (Å²) in [6.45, 7) is 3.44. The van der Waals surface area contributed by atoms with E-state index in [-0.39, 0.29) is 17.4 Å². The van der Waals surface area contributed by atoms with Crippen LogP contribution in [0, 0.1) is 11.3 Å². The number of piperidine rings is 1. The smallest absolute Gasteiger partial charge is 0.328 e. The predicted molar refractivity (Wildman–Crippen MR) is 124 cm³/mol. The molecule has 0 aromatic heterocycles. The maximum atomic E-state index is 13.4. The van der Waals surface area contributed by atoms with Crippen LogP contribution in [-0.2, 0) is 15.0 Å². The minimum atomic E-state index is -0.492. The average molecular weight is 438 g/mol. The topological polar surface area (TPSA) is 69.7 Å². The van der Waals surface area contributed by atoms with E-state index in [2.05, 4.69) is 10.2 Å². The number of nitrogens with zero attached hydrogens (tertiary/aromatic N) is 2. The first-order chi connectivity index (χ1) is 15.6. The lowest BCUT2D eigenvalue weighted by molar-refractivity contribution is -0.122. The molecule has 2 aliphatic carbocycles. The number of urea groups is 1. The highest BCUT2D eigenvalue weighted by molar-refractivity contribution is 6.22. The normalized spacial score (nSPS) is 24.8. The van der Waals surface area contributed by atoms with Crippen LogP contribution in [0.1, 0.15) is 69.8 Å². The molecule has 1 spiro atoms. The summed E-state index contributed by atoms with van der Waals surface area (Å²) in [6.07, 6.45) is 11.4. The molecule has 0 bridgehead atoms. The van der Waals surface area contributed by atoms with Gasteiger partial charge in [-0.15, -0.1) is 0 Å². The summed E-state index contributed by atoms with van der Waals surface area (Å²) in [4.78, 5) is 42.0. The maximum Gasteiger partial charge on any atom is 0.328 e. The Morgan fingerprint density at radius 2 is 1.69 bits per heavy atom. The number of nitrogens with one attached hydrogen (secondary N) is 1. The maximum absolute atomic E-state index is 13.4. The number of hydrogen-bond donors (Lipinski definition) is 1. The number of benzene rings is 1. The molecular formula is C26H35N3O3. The van der Waals surface area contributed by atoms with Crippen molar-refractivity contribution in [1.29, 1.82) is 0 Å². The molecule has 0 radical (unpaired) electrons. The fourth-order valence-electron chi connectivity index (χ4n) is 6.67. The number of likely N-dealkylation sites (tertiary alicyclic amines) is 1. The summed E-state index contributed by atoms with van der Waals surface area (Å²) < 4.78 is 0. The van der Waals surface area contributed by atoms with Crippen molar-refractivity contribution >= 4 is 23.9 Å². The molecule has 2 saturated carbocycles. The molecule has 5 rings (SSSR count). The van der Waals surface area contributed by atoms with Crippen LogP contribution in [0.25, 0.3) is 0 Å². The van der Waals surface area contributed by atoms with Crippen LogP contribution < -0.4 is 10.2 Å². The highest BCUT2D eigenvalue weighted by atomic mass is 16.2. The molecule has 32 heavy (non-hydrogen) atoms. The van der Waals surface area contributed by atoms with Crippen molar-refractivity contribution in [3.8, 4) is 0 Å². The third-order valence-corrected chi connectivity index (χ3v) is 8.57. The Hall–Kier alpha value is -2.21. The second-order valence-corrected chi connectivity index (χ2v) is 10.5. The lowest BCUT2D eigenvalue weighted by Gasteiger charge is -2.36. The monoisotopic (exact) mass is 437 g/mol. The van der Waals surface area contributed by atoms with E-state index in [4.69, 9.17) is 0 Å². The third kappa shape index (κ3) is 3.66. The number of rotatable bonds is 5. The number of amides is 3. The number of aldehydes is 1. The zero-order valence-electron chi connectivity index (χ0n) is 19.0. The van der Waals surface area contributed by atoms with E-state index in [1.54, 1.807) is 0 Å². The molecule has 3 amide bonds. The van der Waals surface area contributed by atoms with Crippen LogP contribution in [0.4, 0.5) is 10.5 Å². The minimum Gasteiger partial charge on any atom is -0.337 e. The summed E-state index contributed by atoms with van der Waals surface area (Å²) in [5.41, 5.74) is 1.18. The molecule has 3 fully saturated rings. The number of carbonyl (C=O) groups excluding carboxylic acids is 3. The summed E-state index contributed by atoms with van der Waals surface area (Å²) in [7, 11) is 0. The fraction of sp³-hybridized carbons (Fsp3) is 0.654. The average Bonchev–Trinajstić information content (AvgIpc) is 3.55. The third-order valence-electron chi connectivity index (χ3n) is 8.57. The zero-order valence-corrected chi connectivity index (χ0v) is 19.0. The summed E-state index contributed by atoms with van der Waals surface area (Å²) in [6, 6.07) is 7.54. The van der Waals surface area contributed by atoms with Gasteiger partial charge in [-0.2, -0.15) is 0 Å². The van der Waals surface area contributed by atoms with Gasteiger partial charge in [-0.25, -0.2) is 9.69 Å². The standard InChI is InChI=1S/C26H35N3O3/c30-19-25(11-3-4-12-25)18-28-15-9-20(10-16-28)17-27-24(32)29-22-8-2-1-7-21(22)26(23(29)31)13-5-6-14-26/h1-2,7-8,19-20H,3-6,9-18H2,(H,27,32). The summed E-state index contributed by atoms with van der Waals surface area (Å²) in [5.74, 6) is 0.374. The van der Waals surface area contributed by atoms with Gasteiger partial charge in [0.05, 0.1) is 11.1 Å². The molecule has 6 nitrogen and oxygen atoms in total. The zero-order chi connectivity index (χ0) is 22.2. The number of para-hydroxylation sites is 1. The van der Waals surface area contributed by atoms with Crippen LogP contribution in [0.5, 0.6) is 0 Å². The van der Waals surface area contributed by atoms with E-state index in [0.29, 0.717) is 12.5 Å². The van der Waals surface area contributed by atoms with E-state index >= 15 is 0 Å². The SMILES string of the molecule is O=CC1(CN2CCC(CNC(=O)N3C(=O)C4(CCCC4)c4ccccc43)CC2)CCCC1. The predicted octanol–water partition coefficient (Wildman–Crippen LogP) is 4.03. The van der Waals surface area contributed by atoms with Crippen molar-refractivity contribution in [1.82, 2.24) is 10.2 Å².